The van der Waals surface area contributed by atoms with Crippen LogP contribution >= 0.6 is 0 Å². The van der Waals surface area contributed by atoms with E-state index >= 15 is 0 Å². The third-order valence-electron chi connectivity index (χ3n) is 2.63. The van der Waals surface area contributed by atoms with E-state index in [-0.39, 0.29) is 5.56 Å². The van der Waals surface area contributed by atoms with Crippen LogP contribution in [0.25, 0.3) is 0 Å². The molecule has 0 unspecified atom stereocenters. The van der Waals surface area contributed by atoms with Gasteiger partial charge in [-0.25, -0.2) is 18.0 Å². The minimum atomic E-state index is -1.32. The number of carbonyl (C=O) groups is 2. The Labute approximate surface area is 116 Å². The number of amides is 1. The molecule has 0 aliphatic heterocycles. The summed E-state index contributed by atoms with van der Waals surface area (Å²) >= 11 is 0. The molecule has 0 bridgehead atoms. The predicted octanol–water partition coefficient (Wildman–Crippen LogP) is 3.05. The normalized spacial score (nSPS) is 10.2. The van der Waals surface area contributed by atoms with Crippen LogP contribution in [0.2, 0.25) is 0 Å². The van der Waals surface area contributed by atoms with E-state index in [9.17, 15) is 22.8 Å². The number of carboxylic acid groups (broad SMARTS) is 1. The zero-order valence-corrected chi connectivity index (χ0v) is 10.4. The summed E-state index contributed by atoms with van der Waals surface area (Å²) in [6.45, 7) is 0. The van der Waals surface area contributed by atoms with E-state index in [1.54, 1.807) is 0 Å². The minimum Gasteiger partial charge on any atom is -0.478 e. The lowest BCUT2D eigenvalue weighted by Crippen LogP contribution is -2.15. The molecule has 0 saturated carbocycles. The van der Waals surface area contributed by atoms with Crippen molar-refractivity contribution < 1.29 is 27.9 Å². The number of carboxylic acids is 1. The number of carbonyl (C=O) groups excluding carboxylic acids is 1. The molecule has 0 saturated heterocycles. The number of aromatic carboxylic acids is 1. The maximum Gasteiger partial charge on any atom is 0.335 e. The lowest BCUT2D eigenvalue weighted by Gasteiger charge is -2.08. The standard InChI is InChI=1S/C14H8F3NO3/c15-8-2-4-10(16)9(6-8)13(19)18-12-5-7(14(20)21)1-3-11(12)17/h1-6H,(H,18,19)(H,20,21). The summed E-state index contributed by atoms with van der Waals surface area (Å²) in [4.78, 5) is 22.6. The van der Waals surface area contributed by atoms with Gasteiger partial charge in [-0.3, -0.25) is 4.79 Å². The van der Waals surface area contributed by atoms with Crippen LogP contribution in [0.15, 0.2) is 36.4 Å². The predicted molar refractivity (Wildman–Crippen MR) is 67.7 cm³/mol. The Morgan fingerprint density at radius 1 is 0.952 bits per heavy atom. The van der Waals surface area contributed by atoms with Crippen LogP contribution in [-0.4, -0.2) is 17.0 Å². The molecule has 108 valence electrons. The number of hydrogen-bond donors (Lipinski definition) is 2. The van der Waals surface area contributed by atoms with Gasteiger partial charge in [0.15, 0.2) is 0 Å². The van der Waals surface area contributed by atoms with Crippen LogP contribution in [0, 0.1) is 17.5 Å². The molecule has 0 radical (unpaired) electrons. The SMILES string of the molecule is O=C(O)c1ccc(F)c(NC(=O)c2cc(F)ccc2F)c1. The van der Waals surface area contributed by atoms with Crippen LogP contribution in [0.1, 0.15) is 20.7 Å². The highest BCUT2D eigenvalue weighted by Gasteiger charge is 2.16. The molecular weight excluding hydrogens is 287 g/mol. The van der Waals surface area contributed by atoms with Crippen molar-refractivity contribution in [2.45, 2.75) is 0 Å². The second kappa shape index (κ2) is 5.66. The van der Waals surface area contributed by atoms with Crippen molar-refractivity contribution in [3.8, 4) is 0 Å². The first-order chi connectivity index (χ1) is 9.88. The third-order valence-corrected chi connectivity index (χ3v) is 2.63. The summed E-state index contributed by atoms with van der Waals surface area (Å²) in [5.41, 5.74) is -1.31. The molecule has 2 aromatic rings. The van der Waals surface area contributed by atoms with Crippen molar-refractivity contribution in [1.82, 2.24) is 0 Å². The minimum absolute atomic E-state index is 0.258. The van der Waals surface area contributed by atoms with Crippen molar-refractivity contribution >= 4 is 17.6 Å². The number of nitrogens with one attached hydrogen (secondary N) is 1. The molecule has 2 N–H and O–H groups in total. The van der Waals surface area contributed by atoms with Gasteiger partial charge in [0.25, 0.3) is 5.91 Å². The Bertz CT molecular complexity index is 731. The van der Waals surface area contributed by atoms with Gasteiger partial charge in [0.1, 0.15) is 17.5 Å². The van der Waals surface area contributed by atoms with Crippen molar-refractivity contribution in [2.75, 3.05) is 5.32 Å². The second-order valence-electron chi connectivity index (χ2n) is 4.08. The van der Waals surface area contributed by atoms with Gasteiger partial charge in [-0.05, 0) is 36.4 Å². The highest BCUT2D eigenvalue weighted by atomic mass is 19.1. The monoisotopic (exact) mass is 295 g/mol. The maximum absolute atomic E-state index is 13.5. The van der Waals surface area contributed by atoms with Gasteiger partial charge < -0.3 is 10.4 Å². The molecule has 0 aliphatic carbocycles. The van der Waals surface area contributed by atoms with Gasteiger partial charge in [0.2, 0.25) is 0 Å². The molecule has 1 amide bonds. The van der Waals surface area contributed by atoms with Gasteiger partial charge in [-0.1, -0.05) is 0 Å². The summed E-state index contributed by atoms with van der Waals surface area (Å²) in [6, 6.07) is 4.99. The molecular formula is C14H8F3NO3. The van der Waals surface area contributed by atoms with E-state index in [1.165, 1.54) is 0 Å². The highest BCUT2D eigenvalue weighted by Crippen LogP contribution is 2.18. The first-order valence-corrected chi connectivity index (χ1v) is 5.67. The molecule has 0 fully saturated rings. The molecule has 0 heterocycles. The van der Waals surface area contributed by atoms with Crippen molar-refractivity contribution in [2.24, 2.45) is 0 Å². The topological polar surface area (TPSA) is 66.4 Å². The maximum atomic E-state index is 13.5. The summed E-state index contributed by atoms with van der Waals surface area (Å²) in [5.74, 6) is -5.12. The van der Waals surface area contributed by atoms with Gasteiger partial charge in [0.05, 0.1) is 16.8 Å². The summed E-state index contributed by atoms with van der Waals surface area (Å²) in [5, 5.41) is 10.8. The molecule has 2 aromatic carbocycles. The van der Waals surface area contributed by atoms with Gasteiger partial charge in [-0.2, -0.15) is 0 Å². The Morgan fingerprint density at radius 2 is 1.62 bits per heavy atom. The summed E-state index contributed by atoms with van der Waals surface area (Å²) < 4.78 is 39.9. The van der Waals surface area contributed by atoms with E-state index in [1.807, 2.05) is 5.32 Å². The zero-order chi connectivity index (χ0) is 15.6. The van der Waals surface area contributed by atoms with Crippen molar-refractivity contribution in [1.29, 1.82) is 0 Å². The molecule has 0 aliphatic rings. The number of rotatable bonds is 3. The smallest absolute Gasteiger partial charge is 0.335 e. The summed E-state index contributed by atoms with van der Waals surface area (Å²) in [6.07, 6.45) is 0. The Hall–Kier alpha value is -2.83. The third kappa shape index (κ3) is 3.19. The molecule has 2 rings (SSSR count). The first-order valence-electron chi connectivity index (χ1n) is 5.67. The molecule has 0 atom stereocenters. The Balaban J connectivity index is 2.33. The van der Waals surface area contributed by atoms with Crippen LogP contribution in [0.3, 0.4) is 0 Å². The van der Waals surface area contributed by atoms with Crippen molar-refractivity contribution in [3.05, 3.63) is 65.0 Å². The van der Waals surface area contributed by atoms with E-state index in [0.717, 1.165) is 30.3 Å². The quantitative estimate of drug-likeness (QED) is 0.914. The van der Waals surface area contributed by atoms with Gasteiger partial charge in [-0.15, -0.1) is 0 Å². The van der Waals surface area contributed by atoms with Gasteiger partial charge >= 0.3 is 5.97 Å². The molecule has 0 aromatic heterocycles. The lowest BCUT2D eigenvalue weighted by atomic mass is 10.1. The Morgan fingerprint density at radius 3 is 2.29 bits per heavy atom. The van der Waals surface area contributed by atoms with Gasteiger partial charge in [0, 0.05) is 0 Å². The number of anilines is 1. The number of hydrogen-bond acceptors (Lipinski definition) is 2. The van der Waals surface area contributed by atoms with E-state index in [4.69, 9.17) is 5.11 Å². The largest absolute Gasteiger partial charge is 0.478 e. The first kappa shape index (κ1) is 14.6. The number of halogens is 3. The average Bonchev–Trinajstić information content (AvgIpc) is 2.43. The number of benzene rings is 2. The van der Waals surface area contributed by atoms with Crippen molar-refractivity contribution in [3.63, 3.8) is 0 Å². The van der Waals surface area contributed by atoms with Crippen LogP contribution in [-0.2, 0) is 0 Å². The Kier molecular flexibility index (Phi) is 3.93. The highest BCUT2D eigenvalue weighted by molar-refractivity contribution is 6.05. The van der Waals surface area contributed by atoms with Crippen LogP contribution in [0.5, 0.6) is 0 Å². The lowest BCUT2D eigenvalue weighted by molar-refractivity contribution is 0.0696. The van der Waals surface area contributed by atoms with Crippen LogP contribution < -0.4 is 5.32 Å². The molecule has 7 heteroatoms. The van der Waals surface area contributed by atoms with E-state index in [0.29, 0.717) is 6.07 Å². The molecule has 0 spiro atoms. The summed E-state index contributed by atoms with van der Waals surface area (Å²) in [7, 11) is 0. The molecule has 21 heavy (non-hydrogen) atoms. The fraction of sp³-hybridized carbons (Fsp3) is 0. The van der Waals surface area contributed by atoms with Crippen LogP contribution in [0.4, 0.5) is 18.9 Å². The van der Waals surface area contributed by atoms with E-state index in [2.05, 4.69) is 0 Å². The fourth-order valence-electron chi connectivity index (χ4n) is 1.62. The molecule has 4 nitrogen and oxygen atoms in total. The zero-order valence-electron chi connectivity index (χ0n) is 10.4. The fourth-order valence-corrected chi connectivity index (χ4v) is 1.62. The second-order valence-corrected chi connectivity index (χ2v) is 4.08. The van der Waals surface area contributed by atoms with E-state index < -0.39 is 40.6 Å². The average molecular weight is 295 g/mol.